The molecule has 0 unspecified atom stereocenters. The monoisotopic (exact) mass is 205 g/mol. The fourth-order valence-corrected chi connectivity index (χ4v) is 1.11. The molecule has 0 radical (unpaired) electrons. The van der Waals surface area contributed by atoms with E-state index in [0.29, 0.717) is 21.5 Å². The lowest BCUT2D eigenvalue weighted by Crippen LogP contribution is -2.31. The molecule has 76 valence electrons. The minimum atomic E-state index is -0.270. The molecule has 0 aliphatic heterocycles. The summed E-state index contributed by atoms with van der Waals surface area (Å²) in [6.45, 7) is -0.270. The first-order chi connectivity index (χ1) is 7.22. The van der Waals surface area contributed by atoms with E-state index in [-0.39, 0.29) is 12.6 Å². The van der Waals surface area contributed by atoms with Crippen LogP contribution in [0.1, 0.15) is 5.69 Å². The van der Waals surface area contributed by atoms with Crippen LogP contribution in [-0.2, 0) is 0 Å². The summed E-state index contributed by atoms with van der Waals surface area (Å²) in [6.07, 6.45) is 1.24. The first kappa shape index (κ1) is 9.23. The van der Waals surface area contributed by atoms with Crippen LogP contribution in [-0.4, -0.2) is 26.9 Å². The SMILES string of the molecule is Nc1nc2[nH]nc(C#CCO)c2c[n+]1[O-]. The molecule has 0 amide bonds. The molecule has 4 N–H and O–H groups in total. The quantitative estimate of drug-likeness (QED) is 0.275. The normalized spacial score (nSPS) is 9.93. The van der Waals surface area contributed by atoms with Crippen LogP contribution in [0.5, 0.6) is 0 Å². The van der Waals surface area contributed by atoms with Gasteiger partial charge in [0, 0.05) is 0 Å². The zero-order chi connectivity index (χ0) is 10.8. The van der Waals surface area contributed by atoms with Crippen LogP contribution in [0.15, 0.2) is 6.20 Å². The Morgan fingerprint density at radius 1 is 1.67 bits per heavy atom. The van der Waals surface area contributed by atoms with E-state index in [9.17, 15) is 5.21 Å². The molecule has 15 heavy (non-hydrogen) atoms. The van der Waals surface area contributed by atoms with Crippen LogP contribution in [0.25, 0.3) is 11.0 Å². The second-order valence-electron chi connectivity index (χ2n) is 2.72. The summed E-state index contributed by atoms with van der Waals surface area (Å²) in [5, 5.41) is 26.6. The third-order valence-electron chi connectivity index (χ3n) is 1.77. The van der Waals surface area contributed by atoms with Crippen molar-refractivity contribution < 1.29 is 9.84 Å². The lowest BCUT2D eigenvalue weighted by molar-refractivity contribution is -0.591. The summed E-state index contributed by atoms with van der Waals surface area (Å²) in [4.78, 5) is 3.78. The molecule has 0 saturated carbocycles. The highest BCUT2D eigenvalue weighted by Crippen LogP contribution is 2.10. The number of hydrogen-bond acceptors (Lipinski definition) is 5. The maximum atomic E-state index is 11.1. The van der Waals surface area contributed by atoms with Crippen molar-refractivity contribution in [1.82, 2.24) is 15.2 Å². The van der Waals surface area contributed by atoms with Gasteiger partial charge in [0.05, 0.1) is 6.20 Å². The molecular formula is C8H7N5O2. The molecule has 0 atom stereocenters. The lowest BCUT2D eigenvalue weighted by Gasteiger charge is -2.02. The number of nitrogens with zero attached hydrogens (tertiary/aromatic N) is 3. The smallest absolute Gasteiger partial charge is 0.391 e. The summed E-state index contributed by atoms with van der Waals surface area (Å²) >= 11 is 0. The van der Waals surface area contributed by atoms with Crippen molar-refractivity contribution in [3.8, 4) is 11.8 Å². The third-order valence-corrected chi connectivity index (χ3v) is 1.77. The zero-order valence-corrected chi connectivity index (χ0v) is 7.56. The van der Waals surface area contributed by atoms with Crippen molar-refractivity contribution in [3.05, 3.63) is 17.1 Å². The number of H-pyrrole nitrogens is 1. The Bertz CT molecular complexity index is 565. The first-order valence-electron chi connectivity index (χ1n) is 4.06. The van der Waals surface area contributed by atoms with Gasteiger partial charge in [-0.2, -0.15) is 5.10 Å². The van der Waals surface area contributed by atoms with Gasteiger partial charge in [0.1, 0.15) is 17.7 Å². The van der Waals surface area contributed by atoms with Crippen LogP contribution in [0.3, 0.4) is 0 Å². The highest BCUT2D eigenvalue weighted by atomic mass is 16.5. The van der Waals surface area contributed by atoms with Gasteiger partial charge in [-0.25, -0.2) is 9.83 Å². The van der Waals surface area contributed by atoms with Gasteiger partial charge in [-0.15, -0.1) is 0 Å². The number of rotatable bonds is 0. The van der Waals surface area contributed by atoms with Gasteiger partial charge in [-0.3, -0.25) is 5.73 Å². The Kier molecular flexibility index (Phi) is 2.11. The lowest BCUT2D eigenvalue weighted by atomic mass is 10.3. The van der Waals surface area contributed by atoms with Crippen molar-refractivity contribution in [1.29, 1.82) is 0 Å². The number of nitrogens with one attached hydrogen (secondary N) is 1. The van der Waals surface area contributed by atoms with Crippen molar-refractivity contribution in [2.45, 2.75) is 0 Å². The molecular weight excluding hydrogens is 198 g/mol. The number of aromatic nitrogens is 4. The number of hydrogen-bond donors (Lipinski definition) is 3. The predicted molar refractivity (Wildman–Crippen MR) is 51.2 cm³/mol. The Morgan fingerprint density at radius 2 is 2.47 bits per heavy atom. The van der Waals surface area contributed by atoms with E-state index in [0.717, 1.165) is 0 Å². The highest BCUT2D eigenvalue weighted by molar-refractivity contribution is 5.79. The number of nitrogens with two attached hydrogens (primary N) is 1. The van der Waals surface area contributed by atoms with Gasteiger partial charge in [-0.05, 0) is 5.92 Å². The fraction of sp³-hybridized carbons (Fsp3) is 0.125. The van der Waals surface area contributed by atoms with Crippen LogP contribution < -0.4 is 10.5 Å². The van der Waals surface area contributed by atoms with Crippen LogP contribution >= 0.6 is 0 Å². The maximum Gasteiger partial charge on any atom is 0.391 e. The van der Waals surface area contributed by atoms with Crippen molar-refractivity contribution >= 4 is 17.0 Å². The molecule has 0 aliphatic carbocycles. The van der Waals surface area contributed by atoms with Gasteiger partial charge in [-0.1, -0.05) is 10.9 Å². The summed E-state index contributed by atoms with van der Waals surface area (Å²) in [5.74, 6) is 4.86. The number of aliphatic hydroxyl groups is 1. The summed E-state index contributed by atoms with van der Waals surface area (Å²) in [5.41, 5.74) is 6.06. The van der Waals surface area contributed by atoms with E-state index in [2.05, 4.69) is 27.0 Å². The van der Waals surface area contributed by atoms with E-state index in [1.807, 2.05) is 0 Å². The number of fused-ring (bicyclic) bond motifs is 1. The zero-order valence-electron chi connectivity index (χ0n) is 7.56. The second kappa shape index (κ2) is 3.43. The molecule has 0 saturated heterocycles. The van der Waals surface area contributed by atoms with Gasteiger partial charge in [0.15, 0.2) is 0 Å². The number of nitrogen functional groups attached to an aromatic ring is 1. The van der Waals surface area contributed by atoms with Gasteiger partial charge >= 0.3 is 5.95 Å². The van der Waals surface area contributed by atoms with Crippen LogP contribution in [0.4, 0.5) is 5.95 Å². The molecule has 2 heterocycles. The average Bonchev–Trinajstić information content (AvgIpc) is 2.59. The minimum Gasteiger partial charge on any atom is -0.740 e. The molecule has 0 spiro atoms. The van der Waals surface area contributed by atoms with E-state index in [1.54, 1.807) is 0 Å². The average molecular weight is 205 g/mol. The highest BCUT2D eigenvalue weighted by Gasteiger charge is 2.11. The molecule has 2 rings (SSSR count). The van der Waals surface area contributed by atoms with Gasteiger partial charge < -0.3 is 10.3 Å². The molecule has 0 aromatic carbocycles. The third kappa shape index (κ3) is 1.53. The number of aliphatic hydroxyl groups excluding tert-OH is 1. The van der Waals surface area contributed by atoms with E-state index in [1.165, 1.54) is 6.20 Å². The van der Waals surface area contributed by atoms with Gasteiger partial charge in [0.2, 0.25) is 5.65 Å². The summed E-state index contributed by atoms with van der Waals surface area (Å²) < 4.78 is 0.433. The number of anilines is 1. The predicted octanol–water partition coefficient (Wildman–Crippen LogP) is -1.48. The Hall–Kier alpha value is -2.33. The standard InChI is InChI=1S/C8H7N5O2/c9-8-10-7-5(4-13(8)15)6(11-12-7)2-1-3-14/h4,14H,3H2,(H3,9,10,11,12). The van der Waals surface area contributed by atoms with Crippen LogP contribution in [0.2, 0.25) is 0 Å². The number of aromatic amines is 1. The molecule has 0 fully saturated rings. The van der Waals surface area contributed by atoms with E-state index < -0.39 is 0 Å². The fourth-order valence-electron chi connectivity index (χ4n) is 1.11. The molecule has 2 aromatic heterocycles. The first-order valence-corrected chi connectivity index (χ1v) is 4.06. The van der Waals surface area contributed by atoms with Crippen molar-refractivity contribution in [2.75, 3.05) is 12.3 Å². The summed E-state index contributed by atoms with van der Waals surface area (Å²) in [6, 6.07) is 0. The topological polar surface area (TPSA) is 115 Å². The second-order valence-corrected chi connectivity index (χ2v) is 2.72. The maximum absolute atomic E-state index is 11.1. The Balaban J connectivity index is 2.64. The summed E-state index contributed by atoms with van der Waals surface area (Å²) in [7, 11) is 0. The molecule has 0 bridgehead atoms. The van der Waals surface area contributed by atoms with Crippen molar-refractivity contribution in [2.24, 2.45) is 0 Å². The molecule has 2 aromatic rings. The van der Waals surface area contributed by atoms with E-state index in [4.69, 9.17) is 10.8 Å². The molecule has 0 aliphatic rings. The molecule has 7 nitrogen and oxygen atoms in total. The minimum absolute atomic E-state index is 0.159. The van der Waals surface area contributed by atoms with E-state index >= 15 is 0 Å². The Morgan fingerprint density at radius 3 is 3.20 bits per heavy atom. The molecule has 7 heteroatoms. The Labute approximate surface area is 84.1 Å². The van der Waals surface area contributed by atoms with Crippen molar-refractivity contribution in [3.63, 3.8) is 0 Å². The largest absolute Gasteiger partial charge is 0.740 e. The van der Waals surface area contributed by atoms with Crippen LogP contribution in [0, 0.1) is 17.0 Å². The van der Waals surface area contributed by atoms with Gasteiger partial charge in [0.25, 0.3) is 0 Å².